The van der Waals surface area contributed by atoms with Crippen molar-refractivity contribution in [2.45, 2.75) is 0 Å². The first-order valence-electron chi connectivity index (χ1n) is 12.1. The summed E-state index contributed by atoms with van der Waals surface area (Å²) in [5.74, 6) is 1.58. The summed E-state index contributed by atoms with van der Waals surface area (Å²) in [6.07, 6.45) is 3.54. The third-order valence-corrected chi connectivity index (χ3v) is 5.12. The van der Waals surface area contributed by atoms with Crippen molar-refractivity contribution in [3.05, 3.63) is 120 Å². The van der Waals surface area contributed by atoms with Gasteiger partial charge >= 0.3 is 0 Å². The second-order valence-electron chi connectivity index (χ2n) is 7.92. The molecular formula is C30H30N4O3. The van der Waals surface area contributed by atoms with Crippen LogP contribution in [0, 0.1) is 0 Å². The van der Waals surface area contributed by atoms with Crippen molar-refractivity contribution in [2.75, 3.05) is 37.3 Å². The van der Waals surface area contributed by atoms with Crippen LogP contribution < -0.4 is 20.3 Å². The van der Waals surface area contributed by atoms with Gasteiger partial charge in [0.15, 0.2) is 0 Å². The van der Waals surface area contributed by atoms with E-state index in [2.05, 4.69) is 21.1 Å². The summed E-state index contributed by atoms with van der Waals surface area (Å²) < 4.78 is 17.1. The quantitative estimate of drug-likeness (QED) is 0.127. The van der Waals surface area contributed by atoms with E-state index in [1.54, 1.807) is 12.4 Å². The molecule has 188 valence electrons. The van der Waals surface area contributed by atoms with Crippen molar-refractivity contribution in [1.82, 2.24) is 0 Å². The van der Waals surface area contributed by atoms with Gasteiger partial charge in [0, 0.05) is 0 Å². The molecule has 0 aliphatic carbocycles. The SMILES string of the molecule is C(=N\Nc1ccccc1)/c1ccc(OCCOCCOc2ccc(/C=N/Nc3ccccc3)cc2)cc1. The highest BCUT2D eigenvalue weighted by molar-refractivity contribution is 5.81. The average molecular weight is 495 g/mol. The lowest BCUT2D eigenvalue weighted by atomic mass is 10.2. The number of nitrogens with one attached hydrogen (secondary N) is 2. The molecule has 0 saturated carbocycles. The molecule has 2 N–H and O–H groups in total. The van der Waals surface area contributed by atoms with E-state index in [1.165, 1.54) is 0 Å². The topological polar surface area (TPSA) is 76.5 Å². The van der Waals surface area contributed by atoms with E-state index in [9.17, 15) is 0 Å². The maximum absolute atomic E-state index is 5.73. The molecule has 0 bridgehead atoms. The highest BCUT2D eigenvalue weighted by Crippen LogP contribution is 2.13. The molecule has 0 aliphatic rings. The average Bonchev–Trinajstić information content (AvgIpc) is 2.95. The van der Waals surface area contributed by atoms with E-state index in [-0.39, 0.29) is 0 Å². The molecule has 4 aromatic rings. The number of hydrogen-bond acceptors (Lipinski definition) is 7. The van der Waals surface area contributed by atoms with Crippen LogP contribution >= 0.6 is 0 Å². The number of benzene rings is 4. The van der Waals surface area contributed by atoms with Crippen LogP contribution in [0.3, 0.4) is 0 Å². The van der Waals surface area contributed by atoms with Gasteiger partial charge in [-0.3, -0.25) is 10.9 Å². The van der Waals surface area contributed by atoms with E-state index < -0.39 is 0 Å². The highest BCUT2D eigenvalue weighted by Gasteiger charge is 1.97. The first-order valence-corrected chi connectivity index (χ1v) is 12.1. The molecule has 0 saturated heterocycles. The maximum atomic E-state index is 5.73. The second kappa shape index (κ2) is 14.7. The zero-order chi connectivity index (χ0) is 25.4. The third kappa shape index (κ3) is 9.51. The fourth-order valence-electron chi connectivity index (χ4n) is 3.23. The Bertz CT molecular complexity index is 1130. The Hall–Kier alpha value is -4.62. The number of hydrogen-bond donors (Lipinski definition) is 2. The van der Waals surface area contributed by atoms with Gasteiger partial charge in [0.2, 0.25) is 0 Å². The Labute approximate surface area is 217 Å². The third-order valence-electron chi connectivity index (χ3n) is 5.12. The summed E-state index contributed by atoms with van der Waals surface area (Å²) in [6.45, 7) is 1.90. The minimum Gasteiger partial charge on any atom is -0.491 e. The fraction of sp³-hybridized carbons (Fsp3) is 0.133. The molecule has 0 amide bonds. The molecular weight excluding hydrogens is 464 g/mol. The summed E-state index contributed by atoms with van der Waals surface area (Å²) in [7, 11) is 0. The van der Waals surface area contributed by atoms with E-state index >= 15 is 0 Å². The smallest absolute Gasteiger partial charge is 0.119 e. The van der Waals surface area contributed by atoms with Crippen LogP contribution in [0.2, 0.25) is 0 Å². The van der Waals surface area contributed by atoms with Crippen molar-refractivity contribution < 1.29 is 14.2 Å². The van der Waals surface area contributed by atoms with Gasteiger partial charge in [-0.1, -0.05) is 36.4 Å². The van der Waals surface area contributed by atoms with Crippen LogP contribution in [0.4, 0.5) is 11.4 Å². The fourth-order valence-corrected chi connectivity index (χ4v) is 3.23. The largest absolute Gasteiger partial charge is 0.491 e. The summed E-state index contributed by atoms with van der Waals surface area (Å²) in [5, 5.41) is 8.48. The van der Waals surface area contributed by atoms with E-state index in [1.807, 2.05) is 109 Å². The summed E-state index contributed by atoms with van der Waals surface area (Å²) in [4.78, 5) is 0. The molecule has 0 fully saturated rings. The van der Waals surface area contributed by atoms with Crippen molar-refractivity contribution in [2.24, 2.45) is 10.2 Å². The van der Waals surface area contributed by atoms with Gasteiger partial charge in [-0.25, -0.2) is 0 Å². The molecule has 37 heavy (non-hydrogen) atoms. The van der Waals surface area contributed by atoms with Gasteiger partial charge in [-0.15, -0.1) is 0 Å². The number of nitrogens with zero attached hydrogens (tertiary/aromatic N) is 2. The molecule has 0 aliphatic heterocycles. The van der Waals surface area contributed by atoms with Crippen molar-refractivity contribution in [3.8, 4) is 11.5 Å². The predicted molar refractivity (Wildman–Crippen MR) is 150 cm³/mol. The zero-order valence-electron chi connectivity index (χ0n) is 20.5. The molecule has 7 nitrogen and oxygen atoms in total. The molecule has 4 aromatic carbocycles. The van der Waals surface area contributed by atoms with Crippen LogP contribution in [-0.4, -0.2) is 38.9 Å². The molecule has 7 heteroatoms. The molecule has 0 heterocycles. The van der Waals surface area contributed by atoms with Crippen LogP contribution in [0.5, 0.6) is 11.5 Å². The normalized spacial score (nSPS) is 11.0. The number of para-hydroxylation sites is 2. The maximum Gasteiger partial charge on any atom is 0.119 e. The van der Waals surface area contributed by atoms with Crippen molar-refractivity contribution in [1.29, 1.82) is 0 Å². The lowest BCUT2D eigenvalue weighted by molar-refractivity contribution is 0.0764. The van der Waals surface area contributed by atoms with Gasteiger partial charge in [0.1, 0.15) is 24.7 Å². The number of rotatable bonds is 14. The Morgan fingerprint density at radius 2 is 0.892 bits per heavy atom. The van der Waals surface area contributed by atoms with Crippen LogP contribution in [0.15, 0.2) is 119 Å². The lowest BCUT2D eigenvalue weighted by Crippen LogP contribution is -2.12. The zero-order valence-corrected chi connectivity index (χ0v) is 20.5. The molecule has 0 aromatic heterocycles. The van der Waals surface area contributed by atoms with Crippen LogP contribution in [0.25, 0.3) is 0 Å². The van der Waals surface area contributed by atoms with Crippen molar-refractivity contribution >= 4 is 23.8 Å². The lowest BCUT2D eigenvalue weighted by Gasteiger charge is -2.09. The number of ether oxygens (including phenoxy) is 3. The first-order chi connectivity index (χ1) is 18.3. The van der Waals surface area contributed by atoms with Gasteiger partial charge in [-0.2, -0.15) is 10.2 Å². The van der Waals surface area contributed by atoms with Crippen molar-refractivity contribution in [3.63, 3.8) is 0 Å². The first kappa shape index (κ1) is 25.5. The Balaban J connectivity index is 1.05. The Morgan fingerprint density at radius 3 is 1.30 bits per heavy atom. The molecule has 0 spiro atoms. The van der Waals surface area contributed by atoms with E-state index in [0.29, 0.717) is 26.4 Å². The molecule has 0 unspecified atom stereocenters. The number of hydrazone groups is 2. The number of anilines is 2. The van der Waals surface area contributed by atoms with Gasteiger partial charge in [0.25, 0.3) is 0 Å². The predicted octanol–water partition coefficient (Wildman–Crippen LogP) is 6.05. The minimum atomic E-state index is 0.466. The van der Waals surface area contributed by atoms with Crippen LogP contribution in [0.1, 0.15) is 11.1 Å². The molecule has 4 rings (SSSR count). The summed E-state index contributed by atoms with van der Waals surface area (Å²) in [5.41, 5.74) is 9.84. The Morgan fingerprint density at radius 1 is 0.486 bits per heavy atom. The van der Waals surface area contributed by atoms with E-state index in [4.69, 9.17) is 14.2 Å². The molecule has 0 atom stereocenters. The Kier molecular flexibility index (Phi) is 10.1. The monoisotopic (exact) mass is 494 g/mol. The van der Waals surface area contributed by atoms with Gasteiger partial charge < -0.3 is 14.2 Å². The highest BCUT2D eigenvalue weighted by atomic mass is 16.5. The summed E-state index contributed by atoms with van der Waals surface area (Å²) in [6, 6.07) is 35.1. The standard InChI is InChI=1S/C30H30N4O3/c1-3-7-27(8-4-1)33-31-23-25-11-15-29(16-12-25)36-21-19-35-20-22-37-30-17-13-26(14-18-30)24-32-34-28-9-5-2-6-10-28/h1-18,23-24,33-34H,19-22H2/b31-23+,32-24+. The van der Waals surface area contributed by atoms with E-state index in [0.717, 1.165) is 34.0 Å². The summed E-state index contributed by atoms with van der Waals surface area (Å²) >= 11 is 0. The second-order valence-corrected chi connectivity index (χ2v) is 7.92. The van der Waals surface area contributed by atoms with Gasteiger partial charge in [-0.05, 0) is 83.9 Å². The minimum absolute atomic E-state index is 0.466. The van der Waals surface area contributed by atoms with Crippen LogP contribution in [-0.2, 0) is 4.74 Å². The molecule has 0 radical (unpaired) electrons. The van der Waals surface area contributed by atoms with Gasteiger partial charge in [0.05, 0.1) is 37.0 Å².